The van der Waals surface area contributed by atoms with Crippen molar-refractivity contribution in [1.29, 1.82) is 0 Å². The second-order valence-corrected chi connectivity index (χ2v) is 3.49. The summed E-state index contributed by atoms with van der Waals surface area (Å²) in [7, 11) is 1.09. The zero-order valence-electron chi connectivity index (χ0n) is 9.54. The molecule has 0 aliphatic rings. The summed E-state index contributed by atoms with van der Waals surface area (Å²) >= 11 is 0. The summed E-state index contributed by atoms with van der Waals surface area (Å²) in [4.78, 5) is 33.5. The standard InChI is InChI=1S/C12H10F2O4/c1-18-11(17)6-7(15)5-10(16)12-8(13)3-2-4-9(12)14/h2-4H,5-6H2,1H3. The van der Waals surface area contributed by atoms with Crippen LogP contribution in [0.15, 0.2) is 18.2 Å². The van der Waals surface area contributed by atoms with Crippen LogP contribution < -0.4 is 0 Å². The molecule has 0 amide bonds. The van der Waals surface area contributed by atoms with Gasteiger partial charge in [-0.2, -0.15) is 0 Å². The van der Waals surface area contributed by atoms with Gasteiger partial charge in [0.25, 0.3) is 0 Å². The van der Waals surface area contributed by atoms with Crippen molar-refractivity contribution in [2.75, 3.05) is 7.11 Å². The van der Waals surface area contributed by atoms with Gasteiger partial charge in [-0.1, -0.05) is 6.07 Å². The Bertz CT molecular complexity index is 477. The summed E-state index contributed by atoms with van der Waals surface area (Å²) in [5.74, 6) is -4.63. The van der Waals surface area contributed by atoms with Crippen molar-refractivity contribution in [1.82, 2.24) is 0 Å². The van der Waals surface area contributed by atoms with E-state index in [2.05, 4.69) is 4.74 Å². The first-order valence-corrected chi connectivity index (χ1v) is 5.01. The van der Waals surface area contributed by atoms with Crippen LogP contribution in [-0.4, -0.2) is 24.6 Å². The van der Waals surface area contributed by atoms with Crippen molar-refractivity contribution in [2.24, 2.45) is 0 Å². The van der Waals surface area contributed by atoms with E-state index in [1.54, 1.807) is 0 Å². The predicted octanol–water partition coefficient (Wildman–Crippen LogP) is 1.67. The SMILES string of the molecule is COC(=O)CC(=O)CC(=O)c1c(F)cccc1F. The van der Waals surface area contributed by atoms with Crippen molar-refractivity contribution in [3.05, 3.63) is 35.4 Å². The van der Waals surface area contributed by atoms with Crippen molar-refractivity contribution < 1.29 is 27.9 Å². The lowest BCUT2D eigenvalue weighted by Gasteiger charge is -2.03. The van der Waals surface area contributed by atoms with Crippen molar-refractivity contribution in [3.63, 3.8) is 0 Å². The lowest BCUT2D eigenvalue weighted by atomic mass is 10.0. The third kappa shape index (κ3) is 3.44. The molecule has 0 N–H and O–H groups in total. The first-order valence-electron chi connectivity index (χ1n) is 5.01. The Kier molecular flexibility index (Phi) is 4.65. The predicted molar refractivity (Wildman–Crippen MR) is 56.9 cm³/mol. The quantitative estimate of drug-likeness (QED) is 0.456. The molecular formula is C12H10F2O4. The van der Waals surface area contributed by atoms with Gasteiger partial charge in [-0.05, 0) is 12.1 Å². The van der Waals surface area contributed by atoms with E-state index in [9.17, 15) is 23.2 Å². The average molecular weight is 256 g/mol. The van der Waals surface area contributed by atoms with E-state index in [0.29, 0.717) is 0 Å². The van der Waals surface area contributed by atoms with Gasteiger partial charge in [0.15, 0.2) is 11.6 Å². The smallest absolute Gasteiger partial charge is 0.313 e. The zero-order chi connectivity index (χ0) is 13.7. The molecule has 0 radical (unpaired) electrons. The number of rotatable bonds is 5. The maximum absolute atomic E-state index is 13.2. The van der Waals surface area contributed by atoms with Crippen molar-refractivity contribution in [2.45, 2.75) is 12.8 Å². The Balaban J connectivity index is 2.77. The van der Waals surface area contributed by atoms with Gasteiger partial charge in [-0.25, -0.2) is 8.78 Å². The lowest BCUT2D eigenvalue weighted by Crippen LogP contribution is -2.15. The van der Waals surface area contributed by atoms with Gasteiger partial charge in [0.2, 0.25) is 0 Å². The molecule has 0 atom stereocenters. The highest BCUT2D eigenvalue weighted by atomic mass is 19.1. The van der Waals surface area contributed by atoms with Crippen LogP contribution in [0.1, 0.15) is 23.2 Å². The van der Waals surface area contributed by atoms with Crippen LogP contribution in [0.3, 0.4) is 0 Å². The highest BCUT2D eigenvalue weighted by Gasteiger charge is 2.21. The molecule has 0 saturated heterocycles. The Morgan fingerprint density at radius 3 is 2.17 bits per heavy atom. The van der Waals surface area contributed by atoms with Crippen LogP contribution in [0.4, 0.5) is 8.78 Å². The minimum absolute atomic E-state index is 0.599. The van der Waals surface area contributed by atoms with Crippen LogP contribution in [0.2, 0.25) is 0 Å². The molecule has 1 aromatic carbocycles. The molecule has 0 aliphatic carbocycles. The summed E-state index contributed by atoms with van der Waals surface area (Å²) < 4.78 is 30.7. The molecule has 0 aliphatic heterocycles. The third-order valence-electron chi connectivity index (χ3n) is 2.17. The number of halogens is 2. The third-order valence-corrected chi connectivity index (χ3v) is 2.17. The molecule has 0 fully saturated rings. The summed E-state index contributed by atoms with van der Waals surface area (Å²) in [6, 6.07) is 2.94. The Hall–Kier alpha value is -2.11. The number of carbonyl (C=O) groups is 3. The molecule has 0 bridgehead atoms. The molecule has 4 nitrogen and oxygen atoms in total. The highest BCUT2D eigenvalue weighted by Crippen LogP contribution is 2.14. The van der Waals surface area contributed by atoms with E-state index in [1.807, 2.05) is 0 Å². The van der Waals surface area contributed by atoms with Crippen LogP contribution in [0, 0.1) is 11.6 Å². The fourth-order valence-corrected chi connectivity index (χ4v) is 1.33. The van der Waals surface area contributed by atoms with Crippen molar-refractivity contribution in [3.8, 4) is 0 Å². The lowest BCUT2D eigenvalue weighted by molar-refractivity contribution is -0.143. The summed E-state index contributed by atoms with van der Waals surface area (Å²) in [5, 5.41) is 0. The molecule has 1 rings (SSSR count). The minimum atomic E-state index is -1.04. The number of hydrogen-bond donors (Lipinski definition) is 0. The molecule has 18 heavy (non-hydrogen) atoms. The number of ether oxygens (including phenoxy) is 1. The van der Waals surface area contributed by atoms with Crippen LogP contribution >= 0.6 is 0 Å². The van der Waals surface area contributed by atoms with E-state index >= 15 is 0 Å². The number of hydrogen-bond acceptors (Lipinski definition) is 4. The maximum atomic E-state index is 13.2. The van der Waals surface area contributed by atoms with Crippen LogP contribution in [0.5, 0.6) is 0 Å². The van der Waals surface area contributed by atoms with Gasteiger partial charge in [-0.15, -0.1) is 0 Å². The first-order chi connectivity index (χ1) is 8.45. The highest BCUT2D eigenvalue weighted by molar-refractivity contribution is 6.11. The Labute approximate surface area is 102 Å². The Morgan fingerprint density at radius 2 is 1.67 bits per heavy atom. The maximum Gasteiger partial charge on any atom is 0.313 e. The molecular weight excluding hydrogens is 246 g/mol. The van der Waals surface area contributed by atoms with Gasteiger partial charge < -0.3 is 4.74 Å². The van der Waals surface area contributed by atoms with Crippen molar-refractivity contribution >= 4 is 17.5 Å². The molecule has 6 heteroatoms. The monoisotopic (exact) mass is 256 g/mol. The van der Waals surface area contributed by atoms with Crippen LogP contribution in [-0.2, 0) is 14.3 Å². The molecule has 0 spiro atoms. The molecule has 1 aromatic rings. The van der Waals surface area contributed by atoms with Gasteiger partial charge in [-0.3, -0.25) is 14.4 Å². The summed E-state index contributed by atoms with van der Waals surface area (Å²) in [5.41, 5.74) is -0.768. The van der Waals surface area contributed by atoms with E-state index < -0.39 is 47.6 Å². The van der Waals surface area contributed by atoms with E-state index in [4.69, 9.17) is 0 Å². The summed E-state index contributed by atoms with van der Waals surface area (Å²) in [6.07, 6.45) is -1.34. The molecule has 96 valence electrons. The fourth-order valence-electron chi connectivity index (χ4n) is 1.33. The number of Topliss-reactive ketones (excluding diaryl/α,β-unsaturated/α-hetero) is 2. The number of benzene rings is 1. The second kappa shape index (κ2) is 6.00. The first kappa shape index (κ1) is 14.0. The average Bonchev–Trinajstić information content (AvgIpc) is 2.28. The topological polar surface area (TPSA) is 60.4 Å². The fraction of sp³-hybridized carbons (Fsp3) is 0.250. The van der Waals surface area contributed by atoms with Gasteiger partial charge >= 0.3 is 5.97 Å². The largest absolute Gasteiger partial charge is 0.469 e. The van der Waals surface area contributed by atoms with Gasteiger partial charge in [0.05, 0.1) is 19.1 Å². The number of methoxy groups -OCH3 is 1. The number of esters is 1. The van der Waals surface area contributed by atoms with E-state index in [0.717, 1.165) is 25.3 Å². The normalized spacial score (nSPS) is 9.94. The second-order valence-electron chi connectivity index (χ2n) is 3.49. The Morgan fingerprint density at radius 1 is 1.11 bits per heavy atom. The number of ketones is 2. The molecule has 0 saturated carbocycles. The molecule has 0 aromatic heterocycles. The van der Waals surface area contributed by atoms with Gasteiger partial charge in [0.1, 0.15) is 18.1 Å². The van der Waals surface area contributed by atoms with Gasteiger partial charge in [0, 0.05) is 0 Å². The van der Waals surface area contributed by atoms with E-state index in [-0.39, 0.29) is 0 Å². The minimum Gasteiger partial charge on any atom is -0.469 e. The molecule has 0 heterocycles. The summed E-state index contributed by atoms with van der Waals surface area (Å²) in [6.45, 7) is 0. The molecule has 0 unspecified atom stereocenters. The van der Waals surface area contributed by atoms with Crippen LogP contribution in [0.25, 0.3) is 0 Å². The van der Waals surface area contributed by atoms with E-state index in [1.165, 1.54) is 0 Å². The zero-order valence-corrected chi connectivity index (χ0v) is 9.54. The number of carbonyl (C=O) groups excluding carboxylic acids is 3.